The van der Waals surface area contributed by atoms with E-state index in [2.05, 4.69) is 10.8 Å². The Labute approximate surface area is 140 Å². The van der Waals surface area contributed by atoms with E-state index >= 15 is 0 Å². The molecule has 0 aromatic heterocycles. The van der Waals surface area contributed by atoms with E-state index in [9.17, 15) is 4.79 Å². The fourth-order valence-corrected chi connectivity index (χ4v) is 2.97. The number of carbonyl (C=O) groups is 1. The van der Waals surface area contributed by atoms with Gasteiger partial charge >= 0.3 is 6.03 Å². The van der Waals surface area contributed by atoms with Crippen molar-refractivity contribution in [2.24, 2.45) is 0 Å². The van der Waals surface area contributed by atoms with E-state index in [1.54, 1.807) is 0 Å². The lowest BCUT2D eigenvalue weighted by molar-refractivity contribution is -0.186. The molecule has 6 nitrogen and oxygen atoms in total. The molecule has 126 valence electrons. The standard InChI is InChI=1S/C16H21ClN2O4/c17-12-6-4-11(5-7-12)15-13(8-10-22-15)18-16(20)19-23-14-3-1-2-9-21-14/h4-7,13-15H,1-3,8-10H2,(H2,18,19,20)/t13-,14-,15+/m1/s1. The zero-order valence-electron chi connectivity index (χ0n) is 12.8. The monoisotopic (exact) mass is 340 g/mol. The lowest BCUT2D eigenvalue weighted by Crippen LogP contribution is -2.45. The van der Waals surface area contributed by atoms with Crippen LogP contribution in [-0.2, 0) is 14.3 Å². The molecule has 1 aromatic carbocycles. The topological polar surface area (TPSA) is 68.8 Å². The quantitative estimate of drug-likeness (QED) is 0.827. The van der Waals surface area contributed by atoms with Gasteiger partial charge in [0.1, 0.15) is 6.10 Å². The Hall–Kier alpha value is -1.34. The summed E-state index contributed by atoms with van der Waals surface area (Å²) in [4.78, 5) is 17.3. The molecule has 0 bridgehead atoms. The van der Waals surface area contributed by atoms with Crippen LogP contribution in [0.4, 0.5) is 4.79 Å². The molecule has 3 atom stereocenters. The number of urea groups is 1. The third kappa shape index (κ3) is 4.57. The smallest absolute Gasteiger partial charge is 0.339 e. The number of nitrogens with one attached hydrogen (secondary N) is 2. The van der Waals surface area contributed by atoms with E-state index in [0.29, 0.717) is 18.2 Å². The van der Waals surface area contributed by atoms with Crippen molar-refractivity contribution in [1.29, 1.82) is 0 Å². The Morgan fingerprint density at radius 3 is 2.70 bits per heavy atom. The van der Waals surface area contributed by atoms with Crippen LogP contribution in [0.25, 0.3) is 0 Å². The van der Waals surface area contributed by atoms with Crippen molar-refractivity contribution < 1.29 is 19.1 Å². The van der Waals surface area contributed by atoms with Crippen LogP contribution in [0.3, 0.4) is 0 Å². The van der Waals surface area contributed by atoms with E-state index in [1.165, 1.54) is 0 Å². The Kier molecular flexibility index (Phi) is 5.72. The maximum atomic E-state index is 12.0. The van der Waals surface area contributed by atoms with Gasteiger partial charge in [0.2, 0.25) is 0 Å². The zero-order chi connectivity index (χ0) is 16.1. The number of hydroxylamine groups is 1. The second-order valence-electron chi connectivity index (χ2n) is 5.73. The number of rotatable bonds is 4. The van der Waals surface area contributed by atoms with E-state index in [1.807, 2.05) is 24.3 Å². The first kappa shape index (κ1) is 16.5. The van der Waals surface area contributed by atoms with Gasteiger partial charge in [-0.05, 0) is 37.0 Å². The second-order valence-corrected chi connectivity index (χ2v) is 6.16. The fraction of sp³-hybridized carbons (Fsp3) is 0.562. The summed E-state index contributed by atoms with van der Waals surface area (Å²) in [6, 6.07) is 6.98. The van der Waals surface area contributed by atoms with Gasteiger partial charge in [0.05, 0.1) is 6.04 Å². The van der Waals surface area contributed by atoms with Crippen LogP contribution in [0.1, 0.15) is 37.4 Å². The van der Waals surface area contributed by atoms with Crippen molar-refractivity contribution in [3.63, 3.8) is 0 Å². The molecule has 2 aliphatic rings. The van der Waals surface area contributed by atoms with E-state index in [-0.39, 0.29) is 24.5 Å². The number of ether oxygens (including phenoxy) is 2. The van der Waals surface area contributed by atoms with Gasteiger partial charge in [0.25, 0.3) is 0 Å². The molecule has 2 N–H and O–H groups in total. The molecule has 0 aliphatic carbocycles. The lowest BCUT2D eigenvalue weighted by Gasteiger charge is -2.24. The third-order valence-electron chi connectivity index (χ3n) is 4.03. The molecule has 23 heavy (non-hydrogen) atoms. The summed E-state index contributed by atoms with van der Waals surface area (Å²) >= 11 is 5.91. The number of benzene rings is 1. The highest BCUT2D eigenvalue weighted by Gasteiger charge is 2.31. The van der Waals surface area contributed by atoms with Gasteiger partial charge in [-0.1, -0.05) is 23.7 Å². The number of hydrogen-bond donors (Lipinski definition) is 2. The van der Waals surface area contributed by atoms with E-state index in [0.717, 1.165) is 31.2 Å². The van der Waals surface area contributed by atoms with Crippen LogP contribution < -0.4 is 10.8 Å². The maximum Gasteiger partial charge on any atom is 0.339 e. The average molecular weight is 341 g/mol. The molecular weight excluding hydrogens is 320 g/mol. The van der Waals surface area contributed by atoms with Gasteiger partial charge in [-0.3, -0.25) is 0 Å². The Bertz CT molecular complexity index is 519. The third-order valence-corrected chi connectivity index (χ3v) is 4.28. The number of amides is 2. The molecule has 0 unspecified atom stereocenters. The number of halogens is 1. The van der Waals surface area contributed by atoms with Crippen LogP contribution in [0.2, 0.25) is 5.02 Å². The van der Waals surface area contributed by atoms with Gasteiger partial charge in [-0.15, -0.1) is 0 Å². The van der Waals surface area contributed by atoms with Crippen LogP contribution >= 0.6 is 11.6 Å². The first-order chi connectivity index (χ1) is 11.2. The van der Waals surface area contributed by atoms with Crippen molar-refractivity contribution in [1.82, 2.24) is 10.8 Å². The number of carbonyl (C=O) groups excluding carboxylic acids is 1. The summed E-state index contributed by atoms with van der Waals surface area (Å²) in [7, 11) is 0. The van der Waals surface area contributed by atoms with E-state index < -0.39 is 0 Å². The van der Waals surface area contributed by atoms with Crippen molar-refractivity contribution in [3.8, 4) is 0 Å². The summed E-state index contributed by atoms with van der Waals surface area (Å²) in [6.07, 6.45) is 3.09. The summed E-state index contributed by atoms with van der Waals surface area (Å²) in [5.41, 5.74) is 3.40. The first-order valence-corrected chi connectivity index (χ1v) is 8.31. The molecule has 2 saturated heterocycles. The summed E-state index contributed by atoms with van der Waals surface area (Å²) < 4.78 is 11.1. The van der Waals surface area contributed by atoms with Crippen LogP contribution in [0.5, 0.6) is 0 Å². The molecule has 0 radical (unpaired) electrons. The van der Waals surface area contributed by atoms with Crippen molar-refractivity contribution in [2.75, 3.05) is 13.2 Å². The normalized spacial score (nSPS) is 27.6. The molecule has 2 amide bonds. The highest BCUT2D eigenvalue weighted by atomic mass is 35.5. The molecule has 0 saturated carbocycles. The minimum absolute atomic E-state index is 0.105. The SMILES string of the molecule is O=C(NO[C@@H]1CCCCO1)N[C@@H]1CCO[C@H]1c1ccc(Cl)cc1. The fourth-order valence-electron chi connectivity index (χ4n) is 2.84. The summed E-state index contributed by atoms with van der Waals surface area (Å²) in [5.74, 6) is 0. The van der Waals surface area contributed by atoms with Crippen LogP contribution in [-0.4, -0.2) is 31.6 Å². The predicted molar refractivity (Wildman–Crippen MR) is 84.9 cm³/mol. The predicted octanol–water partition coefficient (Wildman–Crippen LogP) is 2.93. The zero-order valence-corrected chi connectivity index (χ0v) is 13.6. The highest BCUT2D eigenvalue weighted by molar-refractivity contribution is 6.30. The largest absolute Gasteiger partial charge is 0.371 e. The number of hydrogen-bond acceptors (Lipinski definition) is 4. The Balaban J connectivity index is 1.49. The molecule has 2 aliphatic heterocycles. The molecule has 2 fully saturated rings. The van der Waals surface area contributed by atoms with Gasteiger partial charge in [-0.25, -0.2) is 15.1 Å². The lowest BCUT2D eigenvalue weighted by atomic mass is 10.0. The summed E-state index contributed by atoms with van der Waals surface area (Å²) in [6.45, 7) is 1.27. The highest BCUT2D eigenvalue weighted by Crippen LogP contribution is 2.29. The maximum absolute atomic E-state index is 12.0. The van der Waals surface area contributed by atoms with Crippen LogP contribution in [0, 0.1) is 0 Å². The van der Waals surface area contributed by atoms with Gasteiger partial charge in [-0.2, -0.15) is 0 Å². The molecule has 7 heteroatoms. The van der Waals surface area contributed by atoms with E-state index in [4.69, 9.17) is 25.9 Å². The Morgan fingerprint density at radius 2 is 1.96 bits per heavy atom. The molecule has 0 spiro atoms. The van der Waals surface area contributed by atoms with Crippen molar-refractivity contribution in [3.05, 3.63) is 34.9 Å². The second kappa shape index (κ2) is 7.97. The van der Waals surface area contributed by atoms with Crippen LogP contribution in [0.15, 0.2) is 24.3 Å². The summed E-state index contributed by atoms with van der Waals surface area (Å²) in [5, 5.41) is 3.57. The molecule has 1 aromatic rings. The molecule has 3 rings (SSSR count). The minimum Gasteiger partial charge on any atom is -0.371 e. The van der Waals surface area contributed by atoms with Gasteiger partial charge < -0.3 is 14.8 Å². The molecule has 2 heterocycles. The average Bonchev–Trinajstić information content (AvgIpc) is 3.03. The van der Waals surface area contributed by atoms with Crippen molar-refractivity contribution >= 4 is 17.6 Å². The Morgan fingerprint density at radius 1 is 1.13 bits per heavy atom. The van der Waals surface area contributed by atoms with Crippen molar-refractivity contribution in [2.45, 2.75) is 44.1 Å². The molecular formula is C16H21ClN2O4. The first-order valence-electron chi connectivity index (χ1n) is 7.93. The van der Waals surface area contributed by atoms with Gasteiger partial charge in [0, 0.05) is 24.7 Å². The minimum atomic E-state index is -0.381. The van der Waals surface area contributed by atoms with Gasteiger partial charge in [0.15, 0.2) is 6.29 Å².